The van der Waals surface area contributed by atoms with E-state index in [1.165, 1.54) is 12.1 Å². The first-order valence-electron chi connectivity index (χ1n) is 11.6. The van der Waals surface area contributed by atoms with E-state index in [0.717, 1.165) is 78.2 Å². The summed E-state index contributed by atoms with van der Waals surface area (Å²) < 4.78 is 30.8. The Hall–Kier alpha value is -2.96. The molecule has 7 heteroatoms. The molecule has 5 nitrogen and oxygen atoms in total. The molecular weight excluding hydrogens is 455 g/mol. The van der Waals surface area contributed by atoms with E-state index >= 15 is 0 Å². The molecule has 1 atom stereocenters. The van der Waals surface area contributed by atoms with E-state index in [1.54, 1.807) is 0 Å². The van der Waals surface area contributed by atoms with Crippen LogP contribution >= 0.6 is 11.6 Å². The molecule has 34 heavy (non-hydrogen) atoms. The van der Waals surface area contributed by atoms with Gasteiger partial charge in [-0.15, -0.1) is 0 Å². The molecule has 0 amide bonds. The predicted molar refractivity (Wildman–Crippen MR) is 132 cm³/mol. The molecular formula is C27H28ClFN2O3. The van der Waals surface area contributed by atoms with Crippen molar-refractivity contribution < 1.29 is 18.6 Å². The van der Waals surface area contributed by atoms with Crippen LogP contribution in [-0.2, 0) is 0 Å². The number of rotatable bonds is 7. The summed E-state index contributed by atoms with van der Waals surface area (Å²) in [4.78, 5) is 4.76. The van der Waals surface area contributed by atoms with Gasteiger partial charge in [0.05, 0.1) is 0 Å². The topological polar surface area (TPSA) is 34.2 Å². The number of halogens is 2. The molecule has 1 unspecified atom stereocenters. The number of ether oxygens (including phenoxy) is 3. The molecule has 178 valence electrons. The molecule has 0 aliphatic carbocycles. The highest BCUT2D eigenvalue weighted by molar-refractivity contribution is 6.31. The van der Waals surface area contributed by atoms with Crippen LogP contribution in [0.3, 0.4) is 0 Å². The Labute approximate surface area is 204 Å². The Morgan fingerprint density at radius 2 is 1.71 bits per heavy atom. The van der Waals surface area contributed by atoms with Crippen molar-refractivity contribution in [1.29, 1.82) is 0 Å². The lowest BCUT2D eigenvalue weighted by molar-refractivity contribution is 0.159. The summed E-state index contributed by atoms with van der Waals surface area (Å²) in [7, 11) is 0. The van der Waals surface area contributed by atoms with Crippen LogP contribution in [0, 0.1) is 12.7 Å². The Bertz CT molecular complexity index is 1130. The largest absolute Gasteiger partial charge is 0.486 e. The third-order valence-corrected chi connectivity index (χ3v) is 6.87. The Morgan fingerprint density at radius 3 is 2.47 bits per heavy atom. The van der Waals surface area contributed by atoms with Gasteiger partial charge >= 0.3 is 0 Å². The summed E-state index contributed by atoms with van der Waals surface area (Å²) in [6.07, 6.45) is 0.697. The van der Waals surface area contributed by atoms with E-state index in [1.807, 2.05) is 55.5 Å². The van der Waals surface area contributed by atoms with Gasteiger partial charge in [0.25, 0.3) is 0 Å². The first-order valence-corrected chi connectivity index (χ1v) is 12.0. The lowest BCUT2D eigenvalue weighted by atomic mass is 10.0. The molecule has 0 spiro atoms. The standard InChI is InChI=1S/C27H28ClFN2O3/c1-19-16-23(7-8-24(19)28)34-25(20-2-9-26-27(17-20)33-18-32-26)10-11-30-12-14-31(15-13-30)22-5-3-21(29)4-6-22/h2-9,16-17,25H,10-15,18H2,1H3. The minimum absolute atomic E-state index is 0.134. The van der Waals surface area contributed by atoms with Crippen LogP contribution in [0.4, 0.5) is 10.1 Å². The van der Waals surface area contributed by atoms with Gasteiger partial charge < -0.3 is 19.1 Å². The number of piperazine rings is 1. The molecule has 3 aromatic rings. The zero-order valence-corrected chi connectivity index (χ0v) is 19.9. The molecule has 2 aliphatic heterocycles. The van der Waals surface area contributed by atoms with E-state index in [2.05, 4.69) is 9.80 Å². The minimum atomic E-state index is -0.201. The summed E-state index contributed by atoms with van der Waals surface area (Å²) in [5.74, 6) is 2.12. The molecule has 0 radical (unpaired) electrons. The van der Waals surface area contributed by atoms with Crippen LogP contribution in [0.15, 0.2) is 60.7 Å². The number of nitrogens with zero attached hydrogens (tertiary/aromatic N) is 2. The van der Waals surface area contributed by atoms with Gasteiger partial charge in [0.15, 0.2) is 11.5 Å². The second-order valence-corrected chi connectivity index (χ2v) is 9.13. The highest BCUT2D eigenvalue weighted by atomic mass is 35.5. The molecule has 2 aliphatic rings. The fourth-order valence-electron chi connectivity index (χ4n) is 4.44. The average Bonchev–Trinajstić information content (AvgIpc) is 3.33. The maximum Gasteiger partial charge on any atom is 0.231 e. The third kappa shape index (κ3) is 5.24. The highest BCUT2D eigenvalue weighted by Gasteiger charge is 2.23. The summed E-state index contributed by atoms with van der Waals surface area (Å²) in [5, 5.41) is 0.728. The first kappa shape index (κ1) is 22.8. The molecule has 0 bridgehead atoms. The van der Waals surface area contributed by atoms with E-state index in [0.29, 0.717) is 0 Å². The van der Waals surface area contributed by atoms with Crippen molar-refractivity contribution in [2.45, 2.75) is 19.4 Å². The van der Waals surface area contributed by atoms with Gasteiger partial charge in [-0.05, 0) is 72.6 Å². The number of aryl methyl sites for hydroxylation is 1. The quantitative estimate of drug-likeness (QED) is 0.422. The lowest BCUT2D eigenvalue weighted by Crippen LogP contribution is -2.46. The van der Waals surface area contributed by atoms with Crippen LogP contribution in [0.25, 0.3) is 0 Å². The van der Waals surface area contributed by atoms with Crippen LogP contribution in [0.1, 0.15) is 23.7 Å². The van der Waals surface area contributed by atoms with Crippen LogP contribution in [-0.4, -0.2) is 44.4 Å². The second kappa shape index (κ2) is 10.1. The van der Waals surface area contributed by atoms with E-state index < -0.39 is 0 Å². The maximum absolute atomic E-state index is 13.2. The Morgan fingerprint density at radius 1 is 0.941 bits per heavy atom. The fraction of sp³-hybridized carbons (Fsp3) is 0.333. The van der Waals surface area contributed by atoms with Gasteiger partial charge in [0, 0.05) is 49.9 Å². The zero-order valence-electron chi connectivity index (χ0n) is 19.2. The molecule has 0 N–H and O–H groups in total. The summed E-state index contributed by atoms with van der Waals surface area (Å²) in [6.45, 7) is 6.86. The van der Waals surface area contributed by atoms with Crippen molar-refractivity contribution in [2.24, 2.45) is 0 Å². The monoisotopic (exact) mass is 482 g/mol. The normalized spacial score (nSPS) is 16.5. The molecule has 0 aromatic heterocycles. The summed E-state index contributed by atoms with van der Waals surface area (Å²) in [6, 6.07) is 18.5. The van der Waals surface area contributed by atoms with Gasteiger partial charge in [0.1, 0.15) is 17.7 Å². The SMILES string of the molecule is Cc1cc(OC(CCN2CCN(c3ccc(F)cc3)CC2)c2ccc3c(c2)OCO3)ccc1Cl. The van der Waals surface area contributed by atoms with E-state index in [4.69, 9.17) is 25.8 Å². The van der Waals surface area contributed by atoms with Crippen molar-refractivity contribution in [3.8, 4) is 17.2 Å². The molecule has 2 heterocycles. The molecule has 1 saturated heterocycles. The molecule has 0 saturated carbocycles. The van der Waals surface area contributed by atoms with Crippen molar-refractivity contribution in [2.75, 3.05) is 44.4 Å². The van der Waals surface area contributed by atoms with E-state index in [-0.39, 0.29) is 18.7 Å². The van der Waals surface area contributed by atoms with Crippen LogP contribution < -0.4 is 19.1 Å². The van der Waals surface area contributed by atoms with Crippen molar-refractivity contribution in [3.05, 3.63) is 82.6 Å². The van der Waals surface area contributed by atoms with Crippen LogP contribution in [0.2, 0.25) is 5.02 Å². The first-order chi connectivity index (χ1) is 16.5. The Kier molecular flexibility index (Phi) is 6.79. The second-order valence-electron chi connectivity index (χ2n) is 8.72. The summed E-state index contributed by atoms with van der Waals surface area (Å²) >= 11 is 6.21. The molecule has 3 aromatic carbocycles. The molecule has 5 rings (SSSR count). The smallest absolute Gasteiger partial charge is 0.231 e. The van der Waals surface area contributed by atoms with Crippen LogP contribution in [0.5, 0.6) is 17.2 Å². The van der Waals surface area contributed by atoms with Gasteiger partial charge in [-0.2, -0.15) is 0 Å². The number of hydrogen-bond donors (Lipinski definition) is 0. The van der Waals surface area contributed by atoms with Crippen molar-refractivity contribution >= 4 is 17.3 Å². The fourth-order valence-corrected chi connectivity index (χ4v) is 4.56. The van der Waals surface area contributed by atoms with Gasteiger partial charge in [-0.25, -0.2) is 4.39 Å². The highest BCUT2D eigenvalue weighted by Crippen LogP contribution is 2.36. The number of anilines is 1. The predicted octanol–water partition coefficient (Wildman–Crippen LogP) is 5.85. The number of fused-ring (bicyclic) bond motifs is 1. The van der Waals surface area contributed by atoms with Gasteiger partial charge in [-0.1, -0.05) is 17.7 Å². The van der Waals surface area contributed by atoms with Crippen molar-refractivity contribution in [3.63, 3.8) is 0 Å². The third-order valence-electron chi connectivity index (χ3n) is 6.45. The number of benzene rings is 3. The Balaban J connectivity index is 1.25. The summed E-state index contributed by atoms with van der Waals surface area (Å²) in [5.41, 5.74) is 3.11. The van der Waals surface area contributed by atoms with Crippen molar-refractivity contribution in [1.82, 2.24) is 4.90 Å². The lowest BCUT2D eigenvalue weighted by Gasteiger charge is -2.36. The minimum Gasteiger partial charge on any atom is -0.486 e. The van der Waals surface area contributed by atoms with Gasteiger partial charge in [-0.3, -0.25) is 4.90 Å². The maximum atomic E-state index is 13.2. The van der Waals surface area contributed by atoms with Gasteiger partial charge in [0.2, 0.25) is 6.79 Å². The zero-order chi connectivity index (χ0) is 23.5. The van der Waals surface area contributed by atoms with E-state index in [9.17, 15) is 4.39 Å². The number of hydrogen-bond acceptors (Lipinski definition) is 5. The molecule has 1 fully saturated rings. The average molecular weight is 483 g/mol.